The van der Waals surface area contributed by atoms with Crippen LogP contribution in [0.5, 0.6) is 0 Å². The minimum Gasteiger partial charge on any atom is -0.292 e. The number of benzene rings is 2. The Hall–Kier alpha value is -2.28. The molecule has 1 nitrogen and oxygen atoms in total. The second-order valence-corrected chi connectivity index (χ2v) is 7.72. The molecule has 2 heterocycles. The van der Waals surface area contributed by atoms with Crippen molar-refractivity contribution in [2.24, 2.45) is 5.92 Å². The van der Waals surface area contributed by atoms with Crippen LogP contribution in [0.25, 0.3) is 11.1 Å². The van der Waals surface area contributed by atoms with E-state index in [4.69, 9.17) is 0 Å². The molecule has 0 saturated carbocycles. The summed E-state index contributed by atoms with van der Waals surface area (Å²) in [6.07, 6.45) is -3.15. The van der Waals surface area contributed by atoms with E-state index < -0.39 is 23.5 Å². The molecule has 7 heteroatoms. The maximum Gasteiger partial charge on any atom is 0.416 e. The summed E-state index contributed by atoms with van der Waals surface area (Å²) < 4.78 is 78.7. The van der Waals surface area contributed by atoms with Crippen molar-refractivity contribution >= 4 is 0 Å². The first-order valence-electron chi connectivity index (χ1n) is 9.34. The van der Waals surface area contributed by atoms with Crippen molar-refractivity contribution in [2.45, 2.75) is 37.3 Å². The third-order valence-electron chi connectivity index (χ3n) is 5.92. The monoisotopic (exact) mass is 411 g/mol. The van der Waals surface area contributed by atoms with Crippen LogP contribution in [-0.2, 0) is 12.4 Å². The molecule has 0 spiro atoms. The summed E-state index contributed by atoms with van der Waals surface area (Å²) in [6, 6.07) is 9.02. The smallest absolute Gasteiger partial charge is 0.292 e. The Labute approximate surface area is 164 Å². The molecule has 2 aromatic carbocycles. The highest BCUT2D eigenvalue weighted by molar-refractivity contribution is 5.66. The van der Waals surface area contributed by atoms with Gasteiger partial charge >= 0.3 is 12.4 Å². The lowest BCUT2D eigenvalue weighted by Gasteiger charge is -2.46. The van der Waals surface area contributed by atoms with Gasteiger partial charge in [0.25, 0.3) is 0 Å². The van der Waals surface area contributed by atoms with E-state index in [0.717, 1.165) is 30.5 Å². The Bertz CT molecular complexity index is 894. The SMILES string of the molecule is CN1[C@@H]2C=C[C@H](CC2)[C@H]1c1ccc(-c2cc(C(F)(F)F)cc(C(F)(F)F)c2)cc1. The Morgan fingerprint density at radius 1 is 0.759 bits per heavy atom. The van der Waals surface area contributed by atoms with E-state index >= 15 is 0 Å². The summed E-state index contributed by atoms with van der Waals surface area (Å²) in [5.74, 6) is 0.362. The van der Waals surface area contributed by atoms with Gasteiger partial charge in [0.05, 0.1) is 11.1 Å². The molecule has 29 heavy (non-hydrogen) atoms. The summed E-state index contributed by atoms with van der Waals surface area (Å²) in [6.45, 7) is 0. The average Bonchev–Trinajstić information content (AvgIpc) is 2.67. The minimum absolute atomic E-state index is 0.0999. The topological polar surface area (TPSA) is 3.24 Å². The molecule has 2 aliphatic heterocycles. The summed E-state index contributed by atoms with van der Waals surface area (Å²) in [5.41, 5.74) is -1.37. The van der Waals surface area contributed by atoms with Gasteiger partial charge in [0.15, 0.2) is 0 Å². The van der Waals surface area contributed by atoms with Crippen molar-refractivity contribution in [1.82, 2.24) is 4.90 Å². The van der Waals surface area contributed by atoms with Crippen LogP contribution in [0.1, 0.15) is 35.6 Å². The lowest BCUT2D eigenvalue weighted by atomic mass is 9.77. The quantitative estimate of drug-likeness (QED) is 0.392. The van der Waals surface area contributed by atoms with Crippen LogP contribution in [0.4, 0.5) is 26.3 Å². The van der Waals surface area contributed by atoms with Crippen molar-refractivity contribution in [3.63, 3.8) is 0 Å². The normalized spacial score (nSPS) is 24.9. The highest BCUT2D eigenvalue weighted by Crippen LogP contribution is 2.43. The van der Waals surface area contributed by atoms with Crippen LogP contribution in [0.3, 0.4) is 0 Å². The van der Waals surface area contributed by atoms with Gasteiger partial charge in [-0.1, -0.05) is 36.4 Å². The Morgan fingerprint density at radius 2 is 1.34 bits per heavy atom. The third-order valence-corrected chi connectivity index (χ3v) is 5.92. The fraction of sp³-hybridized carbons (Fsp3) is 0.364. The molecule has 1 fully saturated rings. The number of fused-ring (bicyclic) bond motifs is 2. The van der Waals surface area contributed by atoms with Gasteiger partial charge in [-0.3, -0.25) is 4.90 Å². The second kappa shape index (κ2) is 6.90. The van der Waals surface area contributed by atoms with E-state index in [1.807, 2.05) is 7.05 Å². The van der Waals surface area contributed by atoms with Crippen LogP contribution < -0.4 is 0 Å². The summed E-state index contributed by atoms with van der Waals surface area (Å²) in [4.78, 5) is 2.27. The molecule has 3 aliphatic rings. The number of halogens is 6. The Kier molecular flexibility index (Phi) is 4.76. The third kappa shape index (κ3) is 3.80. The molecule has 0 N–H and O–H groups in total. The van der Waals surface area contributed by atoms with Crippen LogP contribution >= 0.6 is 0 Å². The minimum atomic E-state index is -4.85. The molecule has 1 saturated heterocycles. The van der Waals surface area contributed by atoms with Gasteiger partial charge in [-0.15, -0.1) is 0 Å². The number of piperidine rings is 1. The molecular formula is C22H19F6N. The average molecular weight is 411 g/mol. The van der Waals surface area contributed by atoms with Gasteiger partial charge in [-0.25, -0.2) is 0 Å². The maximum absolute atomic E-state index is 13.1. The molecular weight excluding hydrogens is 392 g/mol. The van der Waals surface area contributed by atoms with E-state index in [9.17, 15) is 26.3 Å². The lowest BCUT2D eigenvalue weighted by molar-refractivity contribution is -0.143. The Balaban J connectivity index is 1.70. The van der Waals surface area contributed by atoms with E-state index in [2.05, 4.69) is 17.1 Å². The zero-order valence-electron chi connectivity index (χ0n) is 15.6. The van der Waals surface area contributed by atoms with E-state index in [1.54, 1.807) is 24.3 Å². The highest BCUT2D eigenvalue weighted by Gasteiger charge is 2.38. The lowest BCUT2D eigenvalue weighted by Crippen LogP contribution is -2.44. The molecule has 0 amide bonds. The number of nitrogens with zero attached hydrogens (tertiary/aromatic N) is 1. The van der Waals surface area contributed by atoms with Gasteiger partial charge in [-0.2, -0.15) is 26.3 Å². The Morgan fingerprint density at radius 3 is 1.79 bits per heavy atom. The first-order valence-corrected chi connectivity index (χ1v) is 9.34. The van der Waals surface area contributed by atoms with Crippen molar-refractivity contribution in [2.75, 3.05) is 7.05 Å². The molecule has 0 radical (unpaired) electrons. The highest BCUT2D eigenvalue weighted by atomic mass is 19.4. The number of likely N-dealkylation sites (N-methyl/N-ethyl adjacent to an activating group) is 1. The second-order valence-electron chi connectivity index (χ2n) is 7.72. The zero-order valence-corrected chi connectivity index (χ0v) is 15.6. The van der Waals surface area contributed by atoms with Gasteiger partial charge in [0, 0.05) is 12.1 Å². The predicted octanol–water partition coefficient (Wildman–Crippen LogP) is 6.71. The number of hydrogen-bond donors (Lipinski definition) is 0. The molecule has 154 valence electrons. The van der Waals surface area contributed by atoms with Gasteiger partial charge in [0.2, 0.25) is 0 Å². The first kappa shape index (κ1) is 20.0. The molecule has 3 atom stereocenters. The van der Waals surface area contributed by atoms with Gasteiger partial charge < -0.3 is 0 Å². The summed E-state index contributed by atoms with van der Waals surface area (Å²) in [5, 5.41) is 0. The fourth-order valence-corrected chi connectivity index (χ4v) is 4.41. The fourth-order valence-electron chi connectivity index (χ4n) is 4.41. The van der Waals surface area contributed by atoms with Crippen LogP contribution in [-0.4, -0.2) is 18.0 Å². The van der Waals surface area contributed by atoms with Crippen molar-refractivity contribution < 1.29 is 26.3 Å². The summed E-state index contributed by atoms with van der Waals surface area (Å²) in [7, 11) is 2.04. The molecule has 2 aromatic rings. The molecule has 5 rings (SSSR count). The van der Waals surface area contributed by atoms with E-state index in [1.165, 1.54) is 0 Å². The maximum atomic E-state index is 13.1. The molecule has 1 aliphatic carbocycles. The van der Waals surface area contributed by atoms with E-state index in [-0.39, 0.29) is 17.7 Å². The van der Waals surface area contributed by atoms with Crippen molar-refractivity contribution in [3.8, 4) is 11.1 Å². The number of rotatable bonds is 2. The largest absolute Gasteiger partial charge is 0.416 e. The van der Waals surface area contributed by atoms with Crippen molar-refractivity contribution in [1.29, 1.82) is 0 Å². The molecule has 2 bridgehead atoms. The molecule has 0 unspecified atom stereocenters. The van der Waals surface area contributed by atoms with E-state index in [0.29, 0.717) is 17.5 Å². The van der Waals surface area contributed by atoms with Gasteiger partial charge in [0.1, 0.15) is 0 Å². The van der Waals surface area contributed by atoms with Crippen LogP contribution in [0, 0.1) is 5.92 Å². The number of alkyl halides is 6. The zero-order chi connectivity index (χ0) is 21.0. The molecule has 0 aromatic heterocycles. The summed E-state index contributed by atoms with van der Waals surface area (Å²) >= 11 is 0. The predicted molar refractivity (Wildman–Crippen MR) is 98.0 cm³/mol. The van der Waals surface area contributed by atoms with Crippen LogP contribution in [0.2, 0.25) is 0 Å². The van der Waals surface area contributed by atoms with Crippen molar-refractivity contribution in [3.05, 3.63) is 71.3 Å². The number of hydrogen-bond acceptors (Lipinski definition) is 1. The standard InChI is InChI=1S/C22H19F6N/c1-29-19-8-6-15(7-9-19)20(29)14-4-2-13(3-5-14)16-10-17(21(23,24)25)12-18(11-16)22(26,27)28/h2-6,8,10-12,15,19-20H,7,9H2,1H3/t15-,19-,20-/m1/s1. The van der Waals surface area contributed by atoms with Gasteiger partial charge in [-0.05, 0) is 60.7 Å². The first-order chi connectivity index (χ1) is 13.5. The van der Waals surface area contributed by atoms with Crippen LogP contribution in [0.15, 0.2) is 54.6 Å².